The summed E-state index contributed by atoms with van der Waals surface area (Å²) in [5.41, 5.74) is 6.33. The van der Waals surface area contributed by atoms with E-state index < -0.39 is 11.8 Å². The molecule has 0 bridgehead atoms. The fourth-order valence-corrected chi connectivity index (χ4v) is 2.84. The molecule has 3 rings (SSSR count). The number of hydrazine groups is 1. The Morgan fingerprint density at radius 3 is 2.00 bits per heavy atom. The van der Waals surface area contributed by atoms with Gasteiger partial charge in [-0.15, -0.1) is 0 Å². The van der Waals surface area contributed by atoms with Crippen LogP contribution in [-0.2, 0) is 4.79 Å². The third-order valence-electron chi connectivity index (χ3n) is 4.23. The molecule has 0 unspecified atom stereocenters. The minimum absolute atomic E-state index is 0.0924. The molecule has 0 aromatic heterocycles. The number of rotatable bonds is 5. The van der Waals surface area contributed by atoms with Gasteiger partial charge in [-0.2, -0.15) is 0 Å². The highest BCUT2D eigenvalue weighted by atomic mass is 16.5. The van der Waals surface area contributed by atoms with Crippen molar-refractivity contribution < 1.29 is 19.1 Å². The molecule has 1 fully saturated rings. The molecule has 0 atom stereocenters. The summed E-state index contributed by atoms with van der Waals surface area (Å²) >= 11 is 0. The largest absolute Gasteiger partial charge is 0.494 e. The average molecular weight is 367 g/mol. The monoisotopic (exact) mass is 367 g/mol. The maximum Gasteiger partial charge on any atom is 0.269 e. The van der Waals surface area contributed by atoms with E-state index in [9.17, 15) is 14.4 Å². The molecular weight excluding hydrogens is 346 g/mol. The number of hydrogen-bond donors (Lipinski definition) is 2. The van der Waals surface area contributed by atoms with Gasteiger partial charge < -0.3 is 9.64 Å². The molecule has 1 heterocycles. The minimum atomic E-state index is -0.436. The predicted octanol–water partition coefficient (Wildman–Crippen LogP) is 2.29. The van der Waals surface area contributed by atoms with E-state index in [-0.39, 0.29) is 5.91 Å². The fourth-order valence-electron chi connectivity index (χ4n) is 2.84. The normalized spacial score (nSPS) is 13.4. The summed E-state index contributed by atoms with van der Waals surface area (Å²) in [5.74, 6) is -0.0938. The standard InChI is InChI=1S/C20H21N3O4/c1-2-27-17-11-7-15(8-12-17)20(26)22-21-19(25)14-5-9-16(10-6-14)23-13-3-4-18(23)24/h5-12H,2-4,13H2,1H3,(H,21,25)(H,22,26). The zero-order valence-corrected chi connectivity index (χ0v) is 15.0. The van der Waals surface area contributed by atoms with Crippen molar-refractivity contribution in [2.75, 3.05) is 18.1 Å². The second-order valence-electron chi connectivity index (χ2n) is 6.06. The molecule has 7 heteroatoms. The zero-order valence-electron chi connectivity index (χ0n) is 15.0. The van der Waals surface area contributed by atoms with E-state index in [2.05, 4.69) is 10.9 Å². The SMILES string of the molecule is CCOc1ccc(C(=O)NNC(=O)c2ccc(N3CCCC3=O)cc2)cc1. The minimum Gasteiger partial charge on any atom is -0.494 e. The van der Waals surface area contributed by atoms with Crippen LogP contribution in [0.2, 0.25) is 0 Å². The lowest BCUT2D eigenvalue weighted by Gasteiger charge is -2.15. The number of carbonyl (C=O) groups is 3. The van der Waals surface area contributed by atoms with Crippen molar-refractivity contribution in [3.63, 3.8) is 0 Å². The van der Waals surface area contributed by atoms with Crippen molar-refractivity contribution in [1.29, 1.82) is 0 Å². The Morgan fingerprint density at radius 1 is 0.963 bits per heavy atom. The summed E-state index contributed by atoms with van der Waals surface area (Å²) in [5, 5.41) is 0. The first-order valence-electron chi connectivity index (χ1n) is 8.82. The maximum atomic E-state index is 12.2. The van der Waals surface area contributed by atoms with Gasteiger partial charge in [-0.1, -0.05) is 0 Å². The van der Waals surface area contributed by atoms with Crippen LogP contribution in [0.4, 0.5) is 5.69 Å². The molecule has 7 nitrogen and oxygen atoms in total. The number of benzene rings is 2. The summed E-state index contributed by atoms with van der Waals surface area (Å²) in [6, 6.07) is 13.3. The second-order valence-corrected chi connectivity index (χ2v) is 6.06. The summed E-state index contributed by atoms with van der Waals surface area (Å²) in [7, 11) is 0. The summed E-state index contributed by atoms with van der Waals surface area (Å²) in [6.07, 6.45) is 1.40. The molecule has 1 aliphatic heterocycles. The molecule has 27 heavy (non-hydrogen) atoms. The Balaban J connectivity index is 1.55. The van der Waals surface area contributed by atoms with E-state index >= 15 is 0 Å². The third-order valence-corrected chi connectivity index (χ3v) is 4.23. The molecular formula is C20H21N3O4. The highest BCUT2D eigenvalue weighted by Crippen LogP contribution is 2.21. The Kier molecular flexibility index (Phi) is 5.71. The van der Waals surface area contributed by atoms with Gasteiger partial charge in [0.1, 0.15) is 5.75 Å². The molecule has 2 N–H and O–H groups in total. The summed E-state index contributed by atoms with van der Waals surface area (Å²) < 4.78 is 5.32. The van der Waals surface area contributed by atoms with Crippen LogP contribution in [0.5, 0.6) is 5.75 Å². The summed E-state index contributed by atoms with van der Waals surface area (Å²) in [4.78, 5) is 37.8. The van der Waals surface area contributed by atoms with Crippen LogP contribution >= 0.6 is 0 Å². The van der Waals surface area contributed by atoms with Gasteiger partial charge in [0.05, 0.1) is 6.61 Å². The lowest BCUT2D eigenvalue weighted by Crippen LogP contribution is -2.41. The molecule has 0 spiro atoms. The Bertz CT molecular complexity index is 831. The van der Waals surface area contributed by atoms with Crippen LogP contribution in [0.15, 0.2) is 48.5 Å². The molecule has 0 radical (unpaired) electrons. The van der Waals surface area contributed by atoms with Crippen LogP contribution in [0.1, 0.15) is 40.5 Å². The smallest absolute Gasteiger partial charge is 0.269 e. The van der Waals surface area contributed by atoms with Gasteiger partial charge in [-0.05, 0) is 61.9 Å². The van der Waals surface area contributed by atoms with Gasteiger partial charge in [-0.3, -0.25) is 25.2 Å². The summed E-state index contributed by atoms with van der Waals surface area (Å²) in [6.45, 7) is 3.13. The van der Waals surface area contributed by atoms with Crippen molar-refractivity contribution in [2.24, 2.45) is 0 Å². The van der Waals surface area contributed by atoms with Crippen LogP contribution in [0.25, 0.3) is 0 Å². The maximum absolute atomic E-state index is 12.2. The van der Waals surface area contributed by atoms with Gasteiger partial charge in [0.25, 0.3) is 11.8 Å². The third kappa shape index (κ3) is 4.44. The number of ether oxygens (including phenoxy) is 1. The van der Waals surface area contributed by atoms with Gasteiger partial charge in [0, 0.05) is 29.8 Å². The first-order chi connectivity index (χ1) is 13.1. The van der Waals surface area contributed by atoms with Crippen LogP contribution in [0.3, 0.4) is 0 Å². The Morgan fingerprint density at radius 2 is 1.52 bits per heavy atom. The van der Waals surface area contributed by atoms with Crippen molar-refractivity contribution in [3.05, 3.63) is 59.7 Å². The van der Waals surface area contributed by atoms with Gasteiger partial charge >= 0.3 is 0 Å². The van der Waals surface area contributed by atoms with Crippen molar-refractivity contribution in [2.45, 2.75) is 19.8 Å². The van der Waals surface area contributed by atoms with E-state index in [0.29, 0.717) is 36.4 Å². The quantitative estimate of drug-likeness (QED) is 0.794. The lowest BCUT2D eigenvalue weighted by molar-refractivity contribution is -0.117. The van der Waals surface area contributed by atoms with Crippen molar-refractivity contribution in [3.8, 4) is 5.75 Å². The number of nitrogens with zero attached hydrogens (tertiary/aromatic N) is 1. The number of nitrogens with one attached hydrogen (secondary N) is 2. The van der Waals surface area contributed by atoms with Crippen LogP contribution in [0, 0.1) is 0 Å². The highest BCUT2D eigenvalue weighted by molar-refractivity contribution is 6.00. The van der Waals surface area contributed by atoms with E-state index in [0.717, 1.165) is 12.1 Å². The van der Waals surface area contributed by atoms with E-state index in [1.54, 1.807) is 53.4 Å². The van der Waals surface area contributed by atoms with Gasteiger partial charge in [0.2, 0.25) is 5.91 Å². The second kappa shape index (κ2) is 8.35. The molecule has 0 aliphatic carbocycles. The molecule has 2 aromatic rings. The average Bonchev–Trinajstić information content (AvgIpc) is 3.12. The molecule has 1 aliphatic rings. The first-order valence-corrected chi connectivity index (χ1v) is 8.82. The van der Waals surface area contributed by atoms with E-state index in [1.165, 1.54) is 0 Å². The fraction of sp³-hybridized carbons (Fsp3) is 0.250. The topological polar surface area (TPSA) is 87.7 Å². The number of hydrogen-bond acceptors (Lipinski definition) is 4. The molecule has 140 valence electrons. The first kappa shape index (κ1) is 18.4. The number of amides is 3. The van der Waals surface area contributed by atoms with E-state index in [1.807, 2.05) is 6.92 Å². The molecule has 0 saturated carbocycles. The van der Waals surface area contributed by atoms with Gasteiger partial charge in [0.15, 0.2) is 0 Å². The zero-order chi connectivity index (χ0) is 19.2. The number of carbonyl (C=O) groups excluding carboxylic acids is 3. The Labute approximate surface area is 157 Å². The van der Waals surface area contributed by atoms with Crippen molar-refractivity contribution >= 4 is 23.4 Å². The molecule has 1 saturated heterocycles. The predicted molar refractivity (Wildman–Crippen MR) is 101 cm³/mol. The van der Waals surface area contributed by atoms with Crippen LogP contribution < -0.4 is 20.5 Å². The number of anilines is 1. The molecule has 2 aromatic carbocycles. The lowest BCUT2D eigenvalue weighted by atomic mass is 10.2. The van der Waals surface area contributed by atoms with E-state index in [4.69, 9.17) is 4.74 Å². The Hall–Kier alpha value is -3.35. The van der Waals surface area contributed by atoms with Gasteiger partial charge in [-0.25, -0.2) is 0 Å². The molecule has 3 amide bonds. The van der Waals surface area contributed by atoms with Crippen molar-refractivity contribution in [1.82, 2.24) is 10.9 Å². The van der Waals surface area contributed by atoms with Crippen LogP contribution in [-0.4, -0.2) is 30.9 Å². The highest BCUT2D eigenvalue weighted by Gasteiger charge is 2.21.